The number of carbonyl (C=O) groups excluding carboxylic acids is 6. The van der Waals surface area contributed by atoms with Gasteiger partial charge in [0.05, 0.1) is 26.4 Å². The standard InChI is InChI=1S/C49H79IN7O19P/c1-3-74-31-32-75-30-26-44(62)54-36(46(65)56-37(47(66)67)13-6-8-28-51-40(58)15-9-12-34-16-18-35(50)19-17-34)20-23-41(59)52-27-7-4-5-14-42(60)55-38(48(68)69)21-24-43(61)53-33(2)11-10-29-76-77(72,73)57-39(49(70)71)22-25-45(63)64/h16-19,33,36-39H,3-15,20-32H2,1-2H3,(H,51,58)(H,52,59)(H,53,61)(H,54,62)(H,55,60)(H,56,65)(H,63,64)(H,66,67)(H,68,69)(H,70,71)(H2,57,72,73)/t33-,36?,37?,38+,39?/m1/s1. The van der Waals surface area contributed by atoms with Crippen molar-refractivity contribution in [2.75, 3.05) is 46.1 Å². The maximum Gasteiger partial charge on any atom is 0.403 e. The van der Waals surface area contributed by atoms with Crippen molar-refractivity contribution < 1.29 is 91.8 Å². The number of benzene rings is 1. The molecule has 1 aromatic carbocycles. The first-order valence-electron chi connectivity index (χ1n) is 25.8. The lowest BCUT2D eigenvalue weighted by atomic mass is 10.1. The Labute approximate surface area is 462 Å². The summed E-state index contributed by atoms with van der Waals surface area (Å²) in [5.41, 5.74) is 1.14. The molecule has 0 aliphatic rings. The number of hydrogen-bond donors (Lipinski definition) is 12. The summed E-state index contributed by atoms with van der Waals surface area (Å²) in [6, 6.07) is 2.01. The number of unbranched alkanes of at least 4 members (excludes halogenated alkanes) is 3. The molecule has 0 spiro atoms. The number of ether oxygens (including phenoxy) is 2. The predicted molar refractivity (Wildman–Crippen MR) is 286 cm³/mol. The molecule has 0 fully saturated rings. The van der Waals surface area contributed by atoms with Crippen molar-refractivity contribution in [2.45, 2.75) is 166 Å². The molecule has 1 aromatic rings. The van der Waals surface area contributed by atoms with Crippen molar-refractivity contribution in [1.82, 2.24) is 37.0 Å². The van der Waals surface area contributed by atoms with E-state index in [1.54, 1.807) is 6.92 Å². The summed E-state index contributed by atoms with van der Waals surface area (Å²) in [6.45, 7) is 4.76. The lowest BCUT2D eigenvalue weighted by Crippen LogP contribution is -2.52. The van der Waals surface area contributed by atoms with Crippen molar-refractivity contribution in [3.05, 3.63) is 33.4 Å². The highest BCUT2D eigenvalue weighted by molar-refractivity contribution is 14.1. The van der Waals surface area contributed by atoms with Crippen LogP contribution in [-0.2, 0) is 72.9 Å². The predicted octanol–water partition coefficient (Wildman–Crippen LogP) is 2.51. The topological polar surface area (TPSA) is 401 Å². The molecule has 6 atom stereocenters. The van der Waals surface area contributed by atoms with E-state index in [1.165, 1.54) is 0 Å². The first kappa shape index (κ1) is 69.7. The van der Waals surface area contributed by atoms with Crippen molar-refractivity contribution in [1.29, 1.82) is 0 Å². The number of carboxylic acid groups (broad SMARTS) is 4. The van der Waals surface area contributed by atoms with Crippen LogP contribution < -0.4 is 37.0 Å². The van der Waals surface area contributed by atoms with E-state index in [-0.39, 0.29) is 90.1 Å². The van der Waals surface area contributed by atoms with Crippen LogP contribution in [0.4, 0.5) is 0 Å². The lowest BCUT2D eigenvalue weighted by molar-refractivity contribution is -0.143. The van der Waals surface area contributed by atoms with Gasteiger partial charge in [0.2, 0.25) is 35.4 Å². The van der Waals surface area contributed by atoms with Gasteiger partial charge in [0.15, 0.2) is 0 Å². The van der Waals surface area contributed by atoms with Gasteiger partial charge in [-0.25, -0.2) is 19.2 Å². The molecule has 28 heteroatoms. The van der Waals surface area contributed by atoms with Crippen LogP contribution in [-0.4, -0.2) is 161 Å². The van der Waals surface area contributed by atoms with Crippen LogP contribution in [0, 0.1) is 3.57 Å². The van der Waals surface area contributed by atoms with Crippen LogP contribution in [0.3, 0.4) is 0 Å². The van der Waals surface area contributed by atoms with Crippen molar-refractivity contribution in [2.24, 2.45) is 0 Å². The zero-order valence-corrected chi connectivity index (χ0v) is 46.9. The number of halogens is 1. The zero-order valence-electron chi connectivity index (χ0n) is 43.9. The third-order valence-corrected chi connectivity index (χ3v) is 13.3. The van der Waals surface area contributed by atoms with E-state index in [2.05, 4.69) is 54.5 Å². The third-order valence-electron chi connectivity index (χ3n) is 11.4. The number of carboxylic acids is 4. The van der Waals surface area contributed by atoms with Crippen LogP contribution >= 0.6 is 30.3 Å². The average molecular weight is 1230 g/mol. The van der Waals surface area contributed by atoms with E-state index in [0.717, 1.165) is 15.6 Å². The molecule has 1 rings (SSSR count). The molecular formula is C49H79IN7O19P. The molecule has 0 heterocycles. The number of aryl methyl sites for hydroxylation is 1. The highest BCUT2D eigenvalue weighted by Crippen LogP contribution is 2.38. The van der Waals surface area contributed by atoms with Gasteiger partial charge < -0.3 is 66.7 Å². The molecule has 0 aromatic heterocycles. The summed E-state index contributed by atoms with van der Waals surface area (Å²) in [4.78, 5) is 132. The molecule has 0 bridgehead atoms. The SMILES string of the molecule is CCOCCOCCC(=O)NC(CCC(=O)NCCCCCC(=O)N[C@@H](CCC(=O)N[C@H](C)CCCOP(=O)(O)NC(CCC(=O)O)C(=O)O)C(=O)O)C(=O)NC(CCCCNC(=O)CCCc1ccc(I)cc1)C(=O)O. The van der Waals surface area contributed by atoms with Crippen molar-refractivity contribution in [3.63, 3.8) is 0 Å². The van der Waals surface area contributed by atoms with Gasteiger partial charge in [-0.3, -0.25) is 42.9 Å². The number of nitrogens with one attached hydrogen (secondary N) is 7. The first-order chi connectivity index (χ1) is 36.5. The summed E-state index contributed by atoms with van der Waals surface area (Å²) >= 11 is 2.23. The maximum atomic E-state index is 13.4. The number of carbonyl (C=O) groups is 10. The van der Waals surface area contributed by atoms with Gasteiger partial charge in [-0.15, -0.1) is 0 Å². The summed E-state index contributed by atoms with van der Waals surface area (Å²) in [7, 11) is -4.60. The monoisotopic (exact) mass is 1230 g/mol. The van der Waals surface area contributed by atoms with Gasteiger partial charge in [0.1, 0.15) is 24.2 Å². The van der Waals surface area contributed by atoms with Crippen LogP contribution in [0.25, 0.3) is 0 Å². The molecule has 0 aliphatic heterocycles. The molecule has 6 amide bonds. The van der Waals surface area contributed by atoms with Crippen LogP contribution in [0.5, 0.6) is 0 Å². The van der Waals surface area contributed by atoms with Gasteiger partial charge in [-0.1, -0.05) is 18.6 Å². The van der Waals surface area contributed by atoms with E-state index in [4.69, 9.17) is 19.1 Å². The maximum absolute atomic E-state index is 13.4. The number of hydrogen-bond acceptors (Lipinski definition) is 14. The minimum atomic E-state index is -4.60. The normalized spacial score (nSPS) is 13.8. The Bertz CT molecular complexity index is 2070. The molecule has 0 saturated carbocycles. The summed E-state index contributed by atoms with van der Waals surface area (Å²) in [6.07, 6.45) is 2.25. The van der Waals surface area contributed by atoms with Gasteiger partial charge in [-0.05, 0) is 131 Å². The Kier molecular flexibility index (Phi) is 37.0. The Morgan fingerprint density at radius 1 is 0.532 bits per heavy atom. The second-order valence-corrected chi connectivity index (χ2v) is 20.8. The molecule has 4 unspecified atom stereocenters. The third kappa shape index (κ3) is 36.4. The van der Waals surface area contributed by atoms with Crippen molar-refractivity contribution in [3.8, 4) is 0 Å². The minimum Gasteiger partial charge on any atom is -0.481 e. The molecule has 77 heavy (non-hydrogen) atoms. The minimum absolute atomic E-state index is 0.0281. The van der Waals surface area contributed by atoms with Gasteiger partial charge in [0.25, 0.3) is 0 Å². The fraction of sp³-hybridized carbons (Fsp3) is 0.673. The van der Waals surface area contributed by atoms with E-state index in [1.807, 2.05) is 36.3 Å². The first-order valence-corrected chi connectivity index (χ1v) is 28.4. The van der Waals surface area contributed by atoms with E-state index >= 15 is 0 Å². The quantitative estimate of drug-likeness (QED) is 0.0253. The van der Waals surface area contributed by atoms with Gasteiger partial charge in [-0.2, -0.15) is 0 Å². The Morgan fingerprint density at radius 2 is 1.06 bits per heavy atom. The van der Waals surface area contributed by atoms with E-state index < -0.39 is 104 Å². The molecule has 12 N–H and O–H groups in total. The summed E-state index contributed by atoms with van der Waals surface area (Å²) in [5.74, 6) is -8.48. The number of rotatable bonds is 46. The molecule has 0 aliphatic carbocycles. The summed E-state index contributed by atoms with van der Waals surface area (Å²) in [5, 5.41) is 55.0. The van der Waals surface area contributed by atoms with Crippen LogP contribution in [0.1, 0.15) is 135 Å². The van der Waals surface area contributed by atoms with Gasteiger partial charge >= 0.3 is 31.6 Å². The average Bonchev–Trinajstić information content (AvgIpc) is 3.36. The smallest absolute Gasteiger partial charge is 0.403 e. The Hall–Kier alpha value is -5.32. The fourth-order valence-electron chi connectivity index (χ4n) is 7.21. The number of amides is 6. The summed E-state index contributed by atoms with van der Waals surface area (Å²) < 4.78 is 28.8. The molecule has 436 valence electrons. The van der Waals surface area contributed by atoms with Crippen LogP contribution in [0.2, 0.25) is 0 Å². The van der Waals surface area contributed by atoms with Crippen molar-refractivity contribution >= 4 is 89.7 Å². The molecular weight excluding hydrogens is 1150 g/mol. The highest BCUT2D eigenvalue weighted by Gasteiger charge is 2.30. The molecule has 26 nitrogen and oxygen atoms in total. The lowest BCUT2D eigenvalue weighted by Gasteiger charge is -2.21. The zero-order chi connectivity index (χ0) is 57.6. The Morgan fingerprint density at radius 3 is 1.70 bits per heavy atom. The Balaban J connectivity index is 2.52. The molecule has 0 radical (unpaired) electrons. The number of aliphatic carboxylic acids is 4. The van der Waals surface area contributed by atoms with E-state index in [9.17, 15) is 72.7 Å². The van der Waals surface area contributed by atoms with E-state index in [0.29, 0.717) is 64.7 Å². The molecule has 0 saturated heterocycles. The highest BCUT2D eigenvalue weighted by atomic mass is 127. The largest absolute Gasteiger partial charge is 0.481 e. The fourth-order valence-corrected chi connectivity index (χ4v) is 8.65. The second-order valence-electron chi connectivity index (χ2n) is 18.0. The van der Waals surface area contributed by atoms with Crippen LogP contribution in [0.15, 0.2) is 24.3 Å². The second kappa shape index (κ2) is 40.8. The van der Waals surface area contributed by atoms with Gasteiger partial charge in [0, 0.05) is 67.8 Å².